The molecule has 0 aliphatic heterocycles. The fraction of sp³-hybridized carbons (Fsp3) is 0. The Balaban J connectivity index is 2.05. The van der Waals surface area contributed by atoms with Crippen LogP contribution in [0.25, 0.3) is 0 Å². The van der Waals surface area contributed by atoms with Gasteiger partial charge in [-0.3, -0.25) is 5.43 Å². The summed E-state index contributed by atoms with van der Waals surface area (Å²) in [6, 6.07) is 5.53. The zero-order valence-corrected chi connectivity index (χ0v) is 10.4. The number of thiophene rings is 1. The van der Waals surface area contributed by atoms with Gasteiger partial charge in [-0.15, -0.1) is 11.3 Å². The van der Waals surface area contributed by atoms with E-state index in [1.165, 1.54) is 6.20 Å². The summed E-state index contributed by atoms with van der Waals surface area (Å²) in [5.74, 6) is 0.485. The molecule has 0 spiro atoms. The number of hydrazone groups is 1. The highest BCUT2D eigenvalue weighted by Crippen LogP contribution is 2.22. The summed E-state index contributed by atoms with van der Waals surface area (Å²) < 4.78 is 0. The van der Waals surface area contributed by atoms with E-state index in [1.807, 2.05) is 17.5 Å². The molecule has 16 heavy (non-hydrogen) atoms. The standard InChI is InChI=1S/C10H7Cl2N3S/c11-7-4-9(12)10(13-5-7)15-14-6-8-2-1-3-16-8/h1-6H,(H,13,15)/b14-6-. The van der Waals surface area contributed by atoms with Gasteiger partial charge in [0.05, 0.1) is 16.3 Å². The topological polar surface area (TPSA) is 37.3 Å². The van der Waals surface area contributed by atoms with Crippen LogP contribution in [0.2, 0.25) is 10.0 Å². The molecule has 2 heterocycles. The van der Waals surface area contributed by atoms with Gasteiger partial charge < -0.3 is 0 Å². The van der Waals surface area contributed by atoms with Gasteiger partial charge in [0.1, 0.15) is 0 Å². The quantitative estimate of drug-likeness (QED) is 0.679. The molecule has 0 fully saturated rings. The summed E-state index contributed by atoms with van der Waals surface area (Å²) in [5, 5.41) is 6.94. The lowest BCUT2D eigenvalue weighted by molar-refractivity contribution is 1.23. The molecular formula is C10H7Cl2N3S. The molecule has 1 N–H and O–H groups in total. The number of rotatable bonds is 3. The fourth-order valence-electron chi connectivity index (χ4n) is 1.02. The van der Waals surface area contributed by atoms with Crippen molar-refractivity contribution in [2.75, 3.05) is 5.43 Å². The maximum Gasteiger partial charge on any atom is 0.165 e. The highest BCUT2D eigenvalue weighted by Gasteiger charge is 2.00. The lowest BCUT2D eigenvalue weighted by Crippen LogP contribution is -1.93. The van der Waals surface area contributed by atoms with E-state index in [9.17, 15) is 0 Å². The number of aromatic nitrogens is 1. The van der Waals surface area contributed by atoms with Crippen LogP contribution in [0.4, 0.5) is 5.82 Å². The molecule has 0 unspecified atom stereocenters. The molecule has 2 rings (SSSR count). The minimum Gasteiger partial charge on any atom is -0.260 e. The second-order valence-corrected chi connectivity index (χ2v) is 4.69. The predicted octanol–water partition coefficient (Wildman–Crippen LogP) is 3.90. The molecule has 0 aliphatic carbocycles. The summed E-state index contributed by atoms with van der Waals surface area (Å²) in [6.45, 7) is 0. The van der Waals surface area contributed by atoms with Crippen molar-refractivity contribution in [3.8, 4) is 0 Å². The van der Waals surface area contributed by atoms with E-state index in [1.54, 1.807) is 23.6 Å². The van der Waals surface area contributed by atoms with Crippen LogP contribution in [-0.2, 0) is 0 Å². The lowest BCUT2D eigenvalue weighted by Gasteiger charge is -2.01. The molecule has 0 radical (unpaired) electrons. The molecule has 0 saturated carbocycles. The minimum atomic E-state index is 0.441. The van der Waals surface area contributed by atoms with E-state index in [4.69, 9.17) is 23.2 Å². The highest BCUT2D eigenvalue weighted by molar-refractivity contribution is 7.11. The van der Waals surface area contributed by atoms with Crippen molar-refractivity contribution in [1.29, 1.82) is 0 Å². The average Bonchev–Trinajstić information content (AvgIpc) is 2.74. The highest BCUT2D eigenvalue weighted by atomic mass is 35.5. The Kier molecular flexibility index (Phi) is 3.77. The monoisotopic (exact) mass is 271 g/mol. The Morgan fingerprint density at radius 3 is 3.00 bits per heavy atom. The van der Waals surface area contributed by atoms with Gasteiger partial charge in [0.2, 0.25) is 0 Å². The summed E-state index contributed by atoms with van der Waals surface area (Å²) in [4.78, 5) is 5.06. The number of pyridine rings is 1. The molecular weight excluding hydrogens is 265 g/mol. The molecule has 0 aliphatic rings. The van der Waals surface area contributed by atoms with Gasteiger partial charge >= 0.3 is 0 Å². The fourth-order valence-corrected chi connectivity index (χ4v) is 2.03. The van der Waals surface area contributed by atoms with Crippen LogP contribution in [0.15, 0.2) is 34.9 Å². The van der Waals surface area contributed by atoms with E-state index >= 15 is 0 Å². The first kappa shape index (κ1) is 11.4. The van der Waals surface area contributed by atoms with E-state index < -0.39 is 0 Å². The Morgan fingerprint density at radius 2 is 2.31 bits per heavy atom. The van der Waals surface area contributed by atoms with E-state index in [0.717, 1.165) is 4.88 Å². The summed E-state index contributed by atoms with van der Waals surface area (Å²) in [7, 11) is 0. The number of halogens is 2. The van der Waals surface area contributed by atoms with E-state index in [2.05, 4.69) is 15.5 Å². The predicted molar refractivity (Wildman–Crippen MR) is 69.8 cm³/mol. The first-order valence-electron chi connectivity index (χ1n) is 4.39. The van der Waals surface area contributed by atoms with Crippen molar-refractivity contribution in [3.63, 3.8) is 0 Å². The van der Waals surface area contributed by atoms with Crippen molar-refractivity contribution in [2.45, 2.75) is 0 Å². The van der Waals surface area contributed by atoms with Gasteiger partial charge in [0.15, 0.2) is 5.82 Å². The molecule has 2 aromatic heterocycles. The van der Waals surface area contributed by atoms with Crippen LogP contribution in [-0.4, -0.2) is 11.2 Å². The van der Waals surface area contributed by atoms with Crippen molar-refractivity contribution in [3.05, 3.63) is 44.7 Å². The van der Waals surface area contributed by atoms with Crippen LogP contribution in [0.1, 0.15) is 4.88 Å². The molecule has 0 atom stereocenters. The maximum atomic E-state index is 5.91. The van der Waals surface area contributed by atoms with Gasteiger partial charge in [-0.2, -0.15) is 5.10 Å². The van der Waals surface area contributed by atoms with Crippen LogP contribution in [0, 0.1) is 0 Å². The lowest BCUT2D eigenvalue weighted by atomic mass is 10.5. The van der Waals surface area contributed by atoms with Crippen LogP contribution in [0.3, 0.4) is 0 Å². The average molecular weight is 272 g/mol. The number of hydrogen-bond donors (Lipinski definition) is 1. The first-order valence-corrected chi connectivity index (χ1v) is 6.03. The molecule has 3 nitrogen and oxygen atoms in total. The van der Waals surface area contributed by atoms with Crippen LogP contribution in [0.5, 0.6) is 0 Å². The largest absolute Gasteiger partial charge is 0.260 e. The zero-order valence-electron chi connectivity index (χ0n) is 8.02. The smallest absolute Gasteiger partial charge is 0.165 e. The summed E-state index contributed by atoms with van der Waals surface area (Å²) >= 11 is 13.2. The maximum absolute atomic E-state index is 5.91. The van der Waals surface area contributed by atoms with Crippen LogP contribution >= 0.6 is 34.5 Å². The third-order valence-corrected chi connectivity index (χ3v) is 3.01. The number of nitrogens with zero attached hydrogens (tertiary/aromatic N) is 2. The molecule has 0 aromatic carbocycles. The SMILES string of the molecule is Clc1cnc(N/N=C\c2cccs2)c(Cl)c1. The Labute approximate surface area is 107 Å². The molecule has 82 valence electrons. The number of hydrogen-bond acceptors (Lipinski definition) is 4. The van der Waals surface area contributed by atoms with Crippen molar-refractivity contribution in [2.24, 2.45) is 5.10 Å². The summed E-state index contributed by atoms with van der Waals surface area (Å²) in [6.07, 6.45) is 3.22. The molecule has 0 bridgehead atoms. The van der Waals surface area contributed by atoms with Gasteiger partial charge in [-0.25, -0.2) is 4.98 Å². The summed E-state index contributed by atoms with van der Waals surface area (Å²) in [5.41, 5.74) is 2.75. The van der Waals surface area contributed by atoms with Gasteiger partial charge in [0, 0.05) is 11.1 Å². The third-order valence-electron chi connectivity index (χ3n) is 1.71. The van der Waals surface area contributed by atoms with E-state index in [-0.39, 0.29) is 0 Å². The normalized spacial score (nSPS) is 10.9. The number of nitrogens with one attached hydrogen (secondary N) is 1. The van der Waals surface area contributed by atoms with Gasteiger partial charge in [0.25, 0.3) is 0 Å². The van der Waals surface area contributed by atoms with Crippen LogP contribution < -0.4 is 5.43 Å². The Bertz CT molecular complexity index is 497. The van der Waals surface area contributed by atoms with Gasteiger partial charge in [-0.1, -0.05) is 29.3 Å². The molecule has 2 aromatic rings. The first-order chi connectivity index (χ1) is 7.75. The Morgan fingerprint density at radius 1 is 1.44 bits per heavy atom. The zero-order chi connectivity index (χ0) is 11.4. The van der Waals surface area contributed by atoms with Crippen molar-refractivity contribution in [1.82, 2.24) is 4.98 Å². The second-order valence-electron chi connectivity index (χ2n) is 2.87. The second kappa shape index (κ2) is 5.30. The van der Waals surface area contributed by atoms with Crippen molar-refractivity contribution >= 4 is 46.6 Å². The Hall–Kier alpha value is -1.10. The minimum absolute atomic E-state index is 0.441. The third kappa shape index (κ3) is 2.95. The molecule has 0 saturated heterocycles. The van der Waals surface area contributed by atoms with E-state index in [0.29, 0.717) is 15.9 Å². The molecule has 0 amide bonds. The van der Waals surface area contributed by atoms with Crippen molar-refractivity contribution < 1.29 is 0 Å². The van der Waals surface area contributed by atoms with Gasteiger partial charge in [-0.05, 0) is 17.5 Å². The number of anilines is 1. The molecule has 6 heteroatoms.